The van der Waals surface area contributed by atoms with Crippen LogP contribution in [-0.4, -0.2) is 23.0 Å². The smallest absolute Gasteiger partial charge is 0.247 e. The second-order valence-electron chi connectivity index (χ2n) is 5.23. The van der Waals surface area contributed by atoms with Gasteiger partial charge in [0.15, 0.2) is 0 Å². The summed E-state index contributed by atoms with van der Waals surface area (Å²) < 4.78 is 0. The monoisotopic (exact) mass is 276 g/mol. The van der Waals surface area contributed by atoms with Crippen molar-refractivity contribution in [2.24, 2.45) is 5.92 Å². The third-order valence-corrected chi connectivity index (χ3v) is 3.67. The molecule has 20 heavy (non-hydrogen) atoms. The molecule has 1 atom stereocenters. The molecule has 3 N–H and O–H groups in total. The zero-order valence-corrected chi connectivity index (χ0v) is 11.6. The SMILES string of the molecule is CC(=O)N[C@@H](C(=O)Nc1ccccc1O)C1CCCC1. The van der Waals surface area contributed by atoms with Gasteiger partial charge in [-0.2, -0.15) is 0 Å². The number of anilines is 1. The molecule has 5 heteroatoms. The number of phenolic OH excluding ortho intramolecular Hbond substituents is 1. The first kappa shape index (κ1) is 14.4. The molecule has 0 spiro atoms. The highest BCUT2D eigenvalue weighted by molar-refractivity contribution is 5.98. The Labute approximate surface area is 118 Å². The number of amides is 2. The van der Waals surface area contributed by atoms with Gasteiger partial charge in [0.1, 0.15) is 11.8 Å². The lowest BCUT2D eigenvalue weighted by Gasteiger charge is -2.23. The quantitative estimate of drug-likeness (QED) is 0.736. The van der Waals surface area contributed by atoms with E-state index < -0.39 is 6.04 Å². The summed E-state index contributed by atoms with van der Waals surface area (Å²) in [5, 5.41) is 15.1. The number of benzene rings is 1. The average molecular weight is 276 g/mol. The Morgan fingerprint density at radius 1 is 1.25 bits per heavy atom. The van der Waals surface area contributed by atoms with Gasteiger partial charge in [0.2, 0.25) is 11.8 Å². The molecule has 0 aliphatic heterocycles. The molecule has 108 valence electrons. The fourth-order valence-electron chi connectivity index (χ4n) is 2.70. The normalized spacial score (nSPS) is 16.6. The number of rotatable bonds is 4. The first-order chi connectivity index (χ1) is 9.58. The predicted molar refractivity (Wildman–Crippen MR) is 76.3 cm³/mol. The second-order valence-corrected chi connectivity index (χ2v) is 5.23. The van der Waals surface area contributed by atoms with Crippen molar-refractivity contribution in [2.75, 3.05) is 5.32 Å². The summed E-state index contributed by atoms with van der Waals surface area (Å²) in [6, 6.07) is 6.03. The zero-order chi connectivity index (χ0) is 14.5. The molecule has 5 nitrogen and oxygen atoms in total. The average Bonchev–Trinajstić information content (AvgIpc) is 2.92. The summed E-state index contributed by atoms with van der Waals surface area (Å²) in [6.07, 6.45) is 4.06. The Kier molecular flexibility index (Phi) is 4.61. The summed E-state index contributed by atoms with van der Waals surface area (Å²) in [5.74, 6) is -0.290. The summed E-state index contributed by atoms with van der Waals surface area (Å²) in [6.45, 7) is 1.41. The van der Waals surface area contributed by atoms with E-state index in [0.717, 1.165) is 25.7 Å². The van der Waals surface area contributed by atoms with Crippen LogP contribution in [0.3, 0.4) is 0 Å². The minimum absolute atomic E-state index is 0.0221. The van der Waals surface area contributed by atoms with Gasteiger partial charge in [0.05, 0.1) is 5.69 Å². The van der Waals surface area contributed by atoms with Crippen LogP contribution < -0.4 is 10.6 Å². The van der Waals surface area contributed by atoms with Crippen LogP contribution in [0.1, 0.15) is 32.6 Å². The molecule has 1 aliphatic carbocycles. The lowest BCUT2D eigenvalue weighted by atomic mass is 9.97. The molecule has 1 fully saturated rings. The van der Waals surface area contributed by atoms with Gasteiger partial charge in [-0.25, -0.2) is 0 Å². The summed E-state index contributed by atoms with van der Waals surface area (Å²) in [7, 11) is 0. The molecule has 1 saturated carbocycles. The Morgan fingerprint density at radius 2 is 1.90 bits per heavy atom. The number of para-hydroxylation sites is 2. The Morgan fingerprint density at radius 3 is 2.50 bits per heavy atom. The van der Waals surface area contributed by atoms with Crippen LogP contribution in [0.2, 0.25) is 0 Å². The van der Waals surface area contributed by atoms with E-state index >= 15 is 0 Å². The minimum Gasteiger partial charge on any atom is -0.506 e. The van der Waals surface area contributed by atoms with Crippen molar-refractivity contribution in [3.05, 3.63) is 24.3 Å². The first-order valence-electron chi connectivity index (χ1n) is 6.94. The van der Waals surface area contributed by atoms with E-state index in [0.29, 0.717) is 5.69 Å². The largest absolute Gasteiger partial charge is 0.506 e. The fourth-order valence-corrected chi connectivity index (χ4v) is 2.70. The molecule has 2 amide bonds. The number of hydrogen-bond acceptors (Lipinski definition) is 3. The van der Waals surface area contributed by atoms with Gasteiger partial charge in [-0.05, 0) is 30.9 Å². The number of aromatic hydroxyl groups is 1. The molecule has 0 unspecified atom stereocenters. The third-order valence-electron chi connectivity index (χ3n) is 3.67. The lowest BCUT2D eigenvalue weighted by Crippen LogP contribution is -2.47. The van der Waals surface area contributed by atoms with Crippen LogP contribution in [0.25, 0.3) is 0 Å². The van der Waals surface area contributed by atoms with E-state index in [2.05, 4.69) is 10.6 Å². The van der Waals surface area contributed by atoms with Crippen molar-refractivity contribution in [3.63, 3.8) is 0 Å². The molecule has 0 heterocycles. The van der Waals surface area contributed by atoms with Gasteiger partial charge < -0.3 is 15.7 Å². The minimum atomic E-state index is -0.533. The van der Waals surface area contributed by atoms with Gasteiger partial charge in [0.25, 0.3) is 0 Å². The summed E-state index contributed by atoms with van der Waals surface area (Å²) in [5.41, 5.74) is 0.367. The van der Waals surface area contributed by atoms with E-state index in [4.69, 9.17) is 0 Å². The number of carbonyl (C=O) groups excluding carboxylic acids is 2. The van der Waals surface area contributed by atoms with Gasteiger partial charge >= 0.3 is 0 Å². The van der Waals surface area contributed by atoms with Crippen LogP contribution >= 0.6 is 0 Å². The van der Waals surface area contributed by atoms with Crippen molar-refractivity contribution >= 4 is 17.5 Å². The summed E-state index contributed by atoms with van der Waals surface area (Å²) >= 11 is 0. The first-order valence-corrected chi connectivity index (χ1v) is 6.94. The third kappa shape index (κ3) is 3.50. The van der Waals surface area contributed by atoms with Gasteiger partial charge in [-0.1, -0.05) is 25.0 Å². The number of nitrogens with one attached hydrogen (secondary N) is 2. The second kappa shape index (κ2) is 6.41. The van der Waals surface area contributed by atoms with Gasteiger partial charge in [-0.3, -0.25) is 9.59 Å². The van der Waals surface area contributed by atoms with Crippen molar-refractivity contribution < 1.29 is 14.7 Å². The predicted octanol–water partition coefficient (Wildman–Crippen LogP) is 2.03. The van der Waals surface area contributed by atoms with Crippen LogP contribution in [0.15, 0.2) is 24.3 Å². The molecule has 1 aromatic carbocycles. The number of hydrogen-bond donors (Lipinski definition) is 3. The molecular formula is C15H20N2O3. The van der Waals surface area contributed by atoms with Crippen LogP contribution in [0.5, 0.6) is 5.75 Å². The van der Waals surface area contributed by atoms with Gasteiger partial charge in [-0.15, -0.1) is 0 Å². The maximum absolute atomic E-state index is 12.4. The number of carbonyl (C=O) groups is 2. The van der Waals surface area contributed by atoms with Crippen LogP contribution in [-0.2, 0) is 9.59 Å². The van der Waals surface area contributed by atoms with E-state index in [1.165, 1.54) is 13.0 Å². The highest BCUT2D eigenvalue weighted by atomic mass is 16.3. The maximum atomic E-state index is 12.4. The van der Waals surface area contributed by atoms with Crippen LogP contribution in [0.4, 0.5) is 5.69 Å². The highest BCUT2D eigenvalue weighted by Gasteiger charge is 2.31. The maximum Gasteiger partial charge on any atom is 0.247 e. The molecule has 0 aromatic heterocycles. The van der Waals surface area contributed by atoms with Gasteiger partial charge in [0, 0.05) is 6.92 Å². The fraction of sp³-hybridized carbons (Fsp3) is 0.467. The number of phenols is 1. The lowest BCUT2D eigenvalue weighted by molar-refractivity contribution is -0.126. The molecular weight excluding hydrogens is 256 g/mol. The summed E-state index contributed by atoms with van der Waals surface area (Å²) in [4.78, 5) is 23.6. The van der Waals surface area contributed by atoms with Crippen LogP contribution in [0, 0.1) is 5.92 Å². The zero-order valence-electron chi connectivity index (χ0n) is 11.6. The molecule has 1 aliphatic rings. The van der Waals surface area contributed by atoms with E-state index in [1.807, 2.05) is 0 Å². The molecule has 2 rings (SSSR count). The van der Waals surface area contributed by atoms with Crippen molar-refractivity contribution in [2.45, 2.75) is 38.6 Å². The van der Waals surface area contributed by atoms with E-state index in [1.54, 1.807) is 18.2 Å². The van der Waals surface area contributed by atoms with E-state index in [-0.39, 0.29) is 23.5 Å². The van der Waals surface area contributed by atoms with Crippen molar-refractivity contribution in [3.8, 4) is 5.75 Å². The van der Waals surface area contributed by atoms with Crippen molar-refractivity contribution in [1.82, 2.24) is 5.32 Å². The Hall–Kier alpha value is -2.04. The molecule has 0 saturated heterocycles. The topological polar surface area (TPSA) is 78.4 Å². The standard InChI is InChI=1S/C15H20N2O3/c1-10(18)16-14(11-6-2-3-7-11)15(20)17-12-8-4-5-9-13(12)19/h4-5,8-9,11,14,19H,2-3,6-7H2,1H3,(H,16,18)(H,17,20)/t14-/m1/s1. The molecule has 1 aromatic rings. The van der Waals surface area contributed by atoms with Crippen molar-refractivity contribution in [1.29, 1.82) is 0 Å². The Bertz CT molecular complexity index is 496. The van der Waals surface area contributed by atoms with E-state index in [9.17, 15) is 14.7 Å². The Balaban J connectivity index is 2.09. The highest BCUT2D eigenvalue weighted by Crippen LogP contribution is 2.29. The molecule has 0 radical (unpaired) electrons. The molecule has 0 bridgehead atoms.